The number of benzene rings is 1. The van der Waals surface area contributed by atoms with Gasteiger partial charge in [-0.05, 0) is 19.4 Å². The first kappa shape index (κ1) is 14.9. The van der Waals surface area contributed by atoms with E-state index in [0.29, 0.717) is 30.1 Å². The summed E-state index contributed by atoms with van der Waals surface area (Å²) in [7, 11) is 0. The minimum absolute atomic E-state index is 0.136. The molecule has 0 atom stereocenters. The van der Waals surface area contributed by atoms with Crippen LogP contribution in [0.4, 0.5) is 0 Å². The Morgan fingerprint density at radius 3 is 2.60 bits per heavy atom. The highest BCUT2D eigenvalue weighted by Crippen LogP contribution is 2.41. The number of halogens is 1. The van der Waals surface area contributed by atoms with Crippen LogP contribution in [0, 0.1) is 0 Å². The number of thiophene rings is 1. The van der Waals surface area contributed by atoms with Gasteiger partial charge in [-0.1, -0.05) is 18.5 Å². The third-order valence-electron chi connectivity index (χ3n) is 2.65. The Labute approximate surface area is 125 Å². The number of rotatable bonds is 6. The van der Waals surface area contributed by atoms with Crippen LogP contribution in [-0.2, 0) is 0 Å². The van der Waals surface area contributed by atoms with E-state index in [1.807, 2.05) is 13.8 Å². The molecule has 0 aliphatic heterocycles. The smallest absolute Gasteiger partial charge is 0.347 e. The van der Waals surface area contributed by atoms with E-state index in [9.17, 15) is 4.79 Å². The SMILES string of the molecule is CCCOc1cc2sc(C(=O)O)c(Cl)c2cc1OCC. The van der Waals surface area contributed by atoms with Crippen molar-refractivity contribution in [3.8, 4) is 11.5 Å². The van der Waals surface area contributed by atoms with Crippen LogP contribution in [0.25, 0.3) is 10.1 Å². The van der Waals surface area contributed by atoms with Crippen molar-refractivity contribution in [1.82, 2.24) is 0 Å². The molecule has 4 nitrogen and oxygen atoms in total. The van der Waals surface area contributed by atoms with Gasteiger partial charge in [-0.25, -0.2) is 4.79 Å². The standard InChI is InChI=1S/C14H15ClO4S/c1-3-5-19-10-7-11-8(6-9(10)18-4-2)12(15)13(20-11)14(16)17/h6-7H,3-5H2,1-2H3,(H,16,17). The first-order valence-corrected chi connectivity index (χ1v) is 7.52. The second kappa shape index (κ2) is 6.33. The first-order chi connectivity index (χ1) is 9.58. The predicted molar refractivity (Wildman–Crippen MR) is 80.7 cm³/mol. The van der Waals surface area contributed by atoms with E-state index in [4.69, 9.17) is 26.2 Å². The summed E-state index contributed by atoms with van der Waals surface area (Å²) in [4.78, 5) is 11.3. The molecule has 1 heterocycles. The maximum absolute atomic E-state index is 11.1. The van der Waals surface area contributed by atoms with Crippen molar-refractivity contribution in [3.05, 3.63) is 22.0 Å². The van der Waals surface area contributed by atoms with Gasteiger partial charge >= 0.3 is 5.97 Å². The Balaban J connectivity index is 2.55. The van der Waals surface area contributed by atoms with Crippen LogP contribution < -0.4 is 9.47 Å². The fourth-order valence-corrected chi connectivity index (χ4v) is 3.16. The molecule has 0 unspecified atom stereocenters. The molecule has 1 aromatic carbocycles. The number of ether oxygens (including phenoxy) is 2. The topological polar surface area (TPSA) is 55.8 Å². The molecule has 0 amide bonds. The van der Waals surface area contributed by atoms with Gasteiger partial charge < -0.3 is 14.6 Å². The van der Waals surface area contributed by atoms with E-state index in [-0.39, 0.29) is 9.90 Å². The highest BCUT2D eigenvalue weighted by atomic mass is 35.5. The van der Waals surface area contributed by atoms with Gasteiger partial charge in [0, 0.05) is 16.2 Å². The zero-order valence-electron chi connectivity index (χ0n) is 11.2. The molecule has 0 aliphatic rings. The van der Waals surface area contributed by atoms with E-state index in [0.717, 1.165) is 22.5 Å². The van der Waals surface area contributed by atoms with E-state index in [1.54, 1.807) is 12.1 Å². The molecule has 108 valence electrons. The number of carbonyl (C=O) groups is 1. The third-order valence-corrected chi connectivity index (χ3v) is 4.29. The lowest BCUT2D eigenvalue weighted by atomic mass is 10.2. The molecule has 1 aromatic heterocycles. The summed E-state index contributed by atoms with van der Waals surface area (Å²) in [6.07, 6.45) is 0.884. The number of hydrogen-bond donors (Lipinski definition) is 1. The quantitative estimate of drug-likeness (QED) is 0.856. The Bertz CT molecular complexity index is 636. The summed E-state index contributed by atoms with van der Waals surface area (Å²) in [5.74, 6) is 0.186. The molecule has 0 spiro atoms. The third kappa shape index (κ3) is 2.83. The Hall–Kier alpha value is -1.46. The van der Waals surface area contributed by atoms with Crippen LogP contribution in [-0.4, -0.2) is 24.3 Å². The summed E-state index contributed by atoms with van der Waals surface area (Å²) < 4.78 is 12.0. The molecule has 20 heavy (non-hydrogen) atoms. The van der Waals surface area contributed by atoms with Crippen LogP contribution in [0.1, 0.15) is 29.9 Å². The minimum atomic E-state index is -1.02. The molecule has 1 N–H and O–H groups in total. The molecular formula is C14H15ClO4S. The van der Waals surface area contributed by atoms with Crippen molar-refractivity contribution in [1.29, 1.82) is 0 Å². The first-order valence-electron chi connectivity index (χ1n) is 6.33. The minimum Gasteiger partial charge on any atom is -0.490 e. The molecule has 0 radical (unpaired) electrons. The summed E-state index contributed by atoms with van der Waals surface area (Å²) in [6.45, 7) is 4.98. The second-order valence-corrected chi connectivity index (χ2v) is 5.56. The molecule has 0 bridgehead atoms. The van der Waals surface area contributed by atoms with Crippen molar-refractivity contribution in [2.45, 2.75) is 20.3 Å². The number of aromatic carboxylic acids is 1. The highest BCUT2D eigenvalue weighted by molar-refractivity contribution is 7.21. The highest BCUT2D eigenvalue weighted by Gasteiger charge is 2.19. The lowest BCUT2D eigenvalue weighted by Gasteiger charge is -2.11. The van der Waals surface area contributed by atoms with Crippen molar-refractivity contribution < 1.29 is 19.4 Å². The molecule has 2 rings (SSSR count). The van der Waals surface area contributed by atoms with Crippen LogP contribution >= 0.6 is 22.9 Å². The lowest BCUT2D eigenvalue weighted by Crippen LogP contribution is -1.99. The van der Waals surface area contributed by atoms with Crippen LogP contribution in [0.5, 0.6) is 11.5 Å². The molecule has 0 aliphatic carbocycles. The maximum Gasteiger partial charge on any atom is 0.347 e. The van der Waals surface area contributed by atoms with Gasteiger partial charge in [0.15, 0.2) is 11.5 Å². The number of carboxylic acid groups (broad SMARTS) is 1. The van der Waals surface area contributed by atoms with Crippen molar-refractivity contribution >= 4 is 39.0 Å². The lowest BCUT2D eigenvalue weighted by molar-refractivity contribution is 0.0702. The second-order valence-electron chi connectivity index (χ2n) is 4.13. The van der Waals surface area contributed by atoms with Crippen LogP contribution in [0.15, 0.2) is 12.1 Å². The van der Waals surface area contributed by atoms with E-state index >= 15 is 0 Å². The molecule has 0 saturated heterocycles. The molecule has 2 aromatic rings. The number of fused-ring (bicyclic) bond motifs is 1. The largest absolute Gasteiger partial charge is 0.490 e. The maximum atomic E-state index is 11.1. The normalized spacial score (nSPS) is 10.8. The van der Waals surface area contributed by atoms with E-state index < -0.39 is 5.97 Å². The zero-order chi connectivity index (χ0) is 14.7. The van der Waals surface area contributed by atoms with Crippen LogP contribution in [0.3, 0.4) is 0 Å². The van der Waals surface area contributed by atoms with Crippen molar-refractivity contribution in [3.63, 3.8) is 0 Å². The van der Waals surface area contributed by atoms with Gasteiger partial charge in [0.2, 0.25) is 0 Å². The summed E-state index contributed by atoms with van der Waals surface area (Å²) in [5, 5.41) is 10.0. The average molecular weight is 315 g/mol. The van der Waals surface area contributed by atoms with Gasteiger partial charge in [0.25, 0.3) is 0 Å². The van der Waals surface area contributed by atoms with Gasteiger partial charge in [0.1, 0.15) is 4.88 Å². The Morgan fingerprint density at radius 2 is 2.00 bits per heavy atom. The fourth-order valence-electron chi connectivity index (χ4n) is 1.80. The zero-order valence-corrected chi connectivity index (χ0v) is 12.8. The van der Waals surface area contributed by atoms with Gasteiger partial charge in [0.05, 0.1) is 18.2 Å². The van der Waals surface area contributed by atoms with Crippen molar-refractivity contribution in [2.75, 3.05) is 13.2 Å². The molecule has 6 heteroatoms. The molecular weight excluding hydrogens is 300 g/mol. The fraction of sp³-hybridized carbons (Fsp3) is 0.357. The monoisotopic (exact) mass is 314 g/mol. The molecule has 0 fully saturated rings. The Morgan fingerprint density at radius 1 is 1.30 bits per heavy atom. The Kier molecular flexibility index (Phi) is 4.73. The summed E-state index contributed by atoms with van der Waals surface area (Å²) >= 11 is 7.25. The number of carboxylic acids is 1. The van der Waals surface area contributed by atoms with Gasteiger partial charge in [-0.2, -0.15) is 0 Å². The van der Waals surface area contributed by atoms with Crippen molar-refractivity contribution in [2.24, 2.45) is 0 Å². The predicted octanol–water partition coefficient (Wildman–Crippen LogP) is 4.44. The molecule has 0 saturated carbocycles. The summed E-state index contributed by atoms with van der Waals surface area (Å²) in [6, 6.07) is 3.54. The van der Waals surface area contributed by atoms with Gasteiger partial charge in [-0.3, -0.25) is 0 Å². The van der Waals surface area contributed by atoms with E-state index in [2.05, 4.69) is 0 Å². The summed E-state index contributed by atoms with van der Waals surface area (Å²) in [5.41, 5.74) is 0. The van der Waals surface area contributed by atoms with Gasteiger partial charge in [-0.15, -0.1) is 11.3 Å². The van der Waals surface area contributed by atoms with E-state index in [1.165, 1.54) is 0 Å². The average Bonchev–Trinajstić information content (AvgIpc) is 2.74. The number of hydrogen-bond acceptors (Lipinski definition) is 4. The van der Waals surface area contributed by atoms with Crippen LogP contribution in [0.2, 0.25) is 5.02 Å².